The number of nitrogens with two attached hydrogens (primary N) is 1. The van der Waals surface area contributed by atoms with E-state index in [1.165, 1.54) is 38.5 Å². The van der Waals surface area contributed by atoms with Gasteiger partial charge in [0.15, 0.2) is 0 Å². The van der Waals surface area contributed by atoms with Crippen LogP contribution in [0.15, 0.2) is 18.3 Å². The van der Waals surface area contributed by atoms with Gasteiger partial charge < -0.3 is 10.5 Å². The summed E-state index contributed by atoms with van der Waals surface area (Å²) >= 11 is 0. The third kappa shape index (κ3) is 3.11. The molecule has 1 aromatic rings. The molecule has 3 heteroatoms. The Morgan fingerprint density at radius 2 is 1.93 bits per heavy atom. The molecule has 0 atom stereocenters. The molecule has 15 heavy (non-hydrogen) atoms. The van der Waals surface area contributed by atoms with Gasteiger partial charge in [0.25, 0.3) is 0 Å². The number of ether oxygens (including phenoxy) is 1. The zero-order valence-corrected chi connectivity index (χ0v) is 8.98. The standard InChI is InChI=1S/C12H18N2O/c13-12-9-11(7-8-14-12)15-10-5-3-1-2-4-6-10/h7-10H,1-6H2,(H2,13,14). The molecule has 1 heterocycles. The van der Waals surface area contributed by atoms with Gasteiger partial charge in [0.1, 0.15) is 11.6 Å². The second kappa shape index (κ2) is 5.01. The molecule has 0 saturated heterocycles. The minimum absolute atomic E-state index is 0.370. The van der Waals surface area contributed by atoms with E-state index in [2.05, 4.69) is 4.98 Å². The van der Waals surface area contributed by atoms with Gasteiger partial charge in [-0.15, -0.1) is 0 Å². The number of aromatic nitrogens is 1. The van der Waals surface area contributed by atoms with Crippen LogP contribution in [0.3, 0.4) is 0 Å². The number of pyridine rings is 1. The summed E-state index contributed by atoms with van der Waals surface area (Å²) in [5, 5.41) is 0. The van der Waals surface area contributed by atoms with Crippen molar-refractivity contribution in [3.63, 3.8) is 0 Å². The third-order valence-corrected chi connectivity index (χ3v) is 2.86. The molecule has 1 fully saturated rings. The van der Waals surface area contributed by atoms with Crippen LogP contribution in [0.5, 0.6) is 5.75 Å². The smallest absolute Gasteiger partial charge is 0.126 e. The number of nitrogens with zero attached hydrogens (tertiary/aromatic N) is 1. The fraction of sp³-hybridized carbons (Fsp3) is 0.583. The summed E-state index contributed by atoms with van der Waals surface area (Å²) in [5.74, 6) is 1.38. The van der Waals surface area contributed by atoms with Crippen LogP contribution >= 0.6 is 0 Å². The number of anilines is 1. The van der Waals surface area contributed by atoms with Gasteiger partial charge in [0, 0.05) is 12.3 Å². The summed E-state index contributed by atoms with van der Waals surface area (Å²) in [6.07, 6.45) is 9.66. The van der Waals surface area contributed by atoms with Crippen LogP contribution in [0.2, 0.25) is 0 Å². The Kier molecular flexibility index (Phi) is 3.43. The van der Waals surface area contributed by atoms with Crippen molar-refractivity contribution in [3.8, 4) is 5.75 Å². The van der Waals surface area contributed by atoms with E-state index in [-0.39, 0.29) is 0 Å². The molecular weight excluding hydrogens is 188 g/mol. The molecule has 0 aromatic carbocycles. The predicted molar refractivity (Wildman–Crippen MR) is 60.8 cm³/mol. The number of rotatable bonds is 2. The van der Waals surface area contributed by atoms with Gasteiger partial charge in [-0.1, -0.05) is 12.8 Å². The molecule has 0 amide bonds. The maximum absolute atomic E-state index is 5.90. The summed E-state index contributed by atoms with van der Waals surface area (Å²) in [6, 6.07) is 3.67. The molecule has 0 bridgehead atoms. The van der Waals surface area contributed by atoms with Crippen LogP contribution in [0, 0.1) is 0 Å². The van der Waals surface area contributed by atoms with E-state index in [4.69, 9.17) is 10.5 Å². The van der Waals surface area contributed by atoms with E-state index in [9.17, 15) is 0 Å². The molecule has 1 saturated carbocycles. The van der Waals surface area contributed by atoms with Gasteiger partial charge in [0.2, 0.25) is 0 Å². The minimum Gasteiger partial charge on any atom is -0.490 e. The van der Waals surface area contributed by atoms with Gasteiger partial charge >= 0.3 is 0 Å². The first-order valence-electron chi connectivity index (χ1n) is 5.73. The third-order valence-electron chi connectivity index (χ3n) is 2.86. The lowest BCUT2D eigenvalue weighted by atomic mass is 10.1. The molecule has 2 N–H and O–H groups in total. The van der Waals surface area contributed by atoms with E-state index in [1.54, 1.807) is 12.3 Å². The summed E-state index contributed by atoms with van der Waals surface area (Å²) < 4.78 is 5.90. The van der Waals surface area contributed by atoms with Crippen molar-refractivity contribution >= 4 is 5.82 Å². The molecule has 2 rings (SSSR count). The normalized spacial score (nSPS) is 18.4. The van der Waals surface area contributed by atoms with E-state index >= 15 is 0 Å². The Bertz CT molecular complexity index is 306. The Balaban J connectivity index is 1.95. The highest BCUT2D eigenvalue weighted by Gasteiger charge is 2.13. The highest BCUT2D eigenvalue weighted by molar-refractivity contribution is 5.35. The van der Waals surface area contributed by atoms with E-state index < -0.39 is 0 Å². The predicted octanol–water partition coefficient (Wildman–Crippen LogP) is 2.77. The van der Waals surface area contributed by atoms with Crippen LogP contribution < -0.4 is 10.5 Å². The molecule has 82 valence electrons. The summed E-state index contributed by atoms with van der Waals surface area (Å²) in [7, 11) is 0. The lowest BCUT2D eigenvalue weighted by Crippen LogP contribution is -2.15. The fourth-order valence-corrected chi connectivity index (χ4v) is 2.05. The van der Waals surface area contributed by atoms with Gasteiger partial charge in [-0.05, 0) is 31.7 Å². The number of hydrogen-bond acceptors (Lipinski definition) is 3. The zero-order valence-electron chi connectivity index (χ0n) is 8.98. The van der Waals surface area contributed by atoms with Gasteiger partial charge in [-0.2, -0.15) is 0 Å². The Labute approximate surface area is 90.7 Å². The van der Waals surface area contributed by atoms with Crippen LogP contribution in [-0.2, 0) is 0 Å². The highest BCUT2D eigenvalue weighted by Crippen LogP contribution is 2.23. The molecule has 0 spiro atoms. The lowest BCUT2D eigenvalue weighted by Gasteiger charge is -2.16. The molecule has 3 nitrogen and oxygen atoms in total. The quantitative estimate of drug-likeness (QED) is 0.757. The average molecular weight is 206 g/mol. The van der Waals surface area contributed by atoms with Crippen molar-refractivity contribution in [2.45, 2.75) is 44.6 Å². The van der Waals surface area contributed by atoms with Crippen molar-refractivity contribution in [2.75, 3.05) is 5.73 Å². The second-order valence-electron chi connectivity index (χ2n) is 4.15. The first kappa shape index (κ1) is 10.3. The Hall–Kier alpha value is -1.25. The lowest BCUT2D eigenvalue weighted by molar-refractivity contribution is 0.183. The second-order valence-corrected chi connectivity index (χ2v) is 4.15. The summed E-state index contributed by atoms with van der Waals surface area (Å²) in [5.41, 5.74) is 5.60. The first-order chi connectivity index (χ1) is 7.34. The van der Waals surface area contributed by atoms with Crippen LogP contribution in [0.4, 0.5) is 5.82 Å². The SMILES string of the molecule is Nc1cc(OC2CCCCCC2)ccn1. The van der Waals surface area contributed by atoms with Crippen molar-refractivity contribution in [1.82, 2.24) is 4.98 Å². The monoisotopic (exact) mass is 206 g/mol. The van der Waals surface area contributed by atoms with Crippen molar-refractivity contribution < 1.29 is 4.74 Å². The zero-order chi connectivity index (χ0) is 10.5. The minimum atomic E-state index is 0.370. The van der Waals surface area contributed by atoms with Crippen LogP contribution in [-0.4, -0.2) is 11.1 Å². The molecule has 0 radical (unpaired) electrons. The summed E-state index contributed by atoms with van der Waals surface area (Å²) in [4.78, 5) is 3.95. The summed E-state index contributed by atoms with van der Waals surface area (Å²) in [6.45, 7) is 0. The van der Waals surface area contributed by atoms with Crippen molar-refractivity contribution in [1.29, 1.82) is 0 Å². The Morgan fingerprint density at radius 1 is 1.20 bits per heavy atom. The maximum Gasteiger partial charge on any atom is 0.126 e. The maximum atomic E-state index is 5.90. The van der Waals surface area contributed by atoms with Crippen LogP contribution in [0.25, 0.3) is 0 Å². The first-order valence-corrected chi connectivity index (χ1v) is 5.73. The average Bonchev–Trinajstić information content (AvgIpc) is 2.46. The molecular formula is C12H18N2O. The van der Waals surface area contributed by atoms with Gasteiger partial charge in [0.05, 0.1) is 6.10 Å². The van der Waals surface area contributed by atoms with E-state index in [1.807, 2.05) is 6.07 Å². The van der Waals surface area contributed by atoms with E-state index in [0.717, 1.165) is 5.75 Å². The fourth-order valence-electron chi connectivity index (χ4n) is 2.05. The number of nitrogen functional groups attached to an aromatic ring is 1. The topological polar surface area (TPSA) is 48.1 Å². The molecule has 1 aromatic heterocycles. The largest absolute Gasteiger partial charge is 0.490 e. The van der Waals surface area contributed by atoms with E-state index in [0.29, 0.717) is 11.9 Å². The number of hydrogen-bond donors (Lipinski definition) is 1. The molecule has 0 unspecified atom stereocenters. The van der Waals surface area contributed by atoms with Crippen molar-refractivity contribution in [2.24, 2.45) is 0 Å². The van der Waals surface area contributed by atoms with Gasteiger partial charge in [-0.25, -0.2) is 4.98 Å². The highest BCUT2D eigenvalue weighted by atomic mass is 16.5. The van der Waals surface area contributed by atoms with Crippen molar-refractivity contribution in [3.05, 3.63) is 18.3 Å². The molecule has 0 aliphatic heterocycles. The molecule has 1 aliphatic rings. The van der Waals surface area contributed by atoms with Gasteiger partial charge in [-0.3, -0.25) is 0 Å². The molecule has 1 aliphatic carbocycles. The van der Waals surface area contributed by atoms with Crippen LogP contribution in [0.1, 0.15) is 38.5 Å². The Morgan fingerprint density at radius 3 is 2.60 bits per heavy atom.